The summed E-state index contributed by atoms with van der Waals surface area (Å²) in [6.07, 6.45) is -1.25. The van der Waals surface area contributed by atoms with Crippen molar-refractivity contribution >= 4 is 45.9 Å². The minimum atomic E-state index is -1.25. The Balaban J connectivity index is 1.64. The monoisotopic (exact) mass is 520 g/mol. The number of benzene rings is 3. The lowest BCUT2D eigenvalue weighted by molar-refractivity contribution is 0.0304. The predicted molar refractivity (Wildman–Crippen MR) is 147 cm³/mol. The number of morpholine rings is 1. The van der Waals surface area contributed by atoms with Gasteiger partial charge in [0.25, 0.3) is 5.91 Å². The Hall–Kier alpha value is -4.31. The molecule has 10 heteroatoms. The van der Waals surface area contributed by atoms with Gasteiger partial charge in [-0.15, -0.1) is 0 Å². The Kier molecular flexibility index (Phi) is 7.72. The third-order valence-corrected chi connectivity index (χ3v) is 6.35. The number of urea groups is 1. The molecule has 4 rings (SSSR count). The summed E-state index contributed by atoms with van der Waals surface area (Å²) in [4.78, 5) is 39.5. The van der Waals surface area contributed by atoms with Crippen molar-refractivity contribution in [1.29, 1.82) is 0 Å². The largest absolute Gasteiger partial charge is 0.492 e. The molecule has 1 fully saturated rings. The molecule has 1 saturated heterocycles. The molecule has 1 aliphatic heterocycles. The lowest BCUT2D eigenvalue weighted by atomic mass is 9.86. The molecule has 0 spiro atoms. The number of hydrogen-bond donors (Lipinski definition) is 4. The number of ether oxygens (including phenoxy) is 2. The van der Waals surface area contributed by atoms with E-state index in [-0.39, 0.29) is 22.8 Å². The summed E-state index contributed by atoms with van der Waals surface area (Å²) in [5.41, 5.74) is 2.08. The molecule has 200 valence electrons. The second kappa shape index (κ2) is 11.0. The molecular formula is C28H32N4O6. The summed E-state index contributed by atoms with van der Waals surface area (Å²) in [6.45, 7) is 8.02. The van der Waals surface area contributed by atoms with Gasteiger partial charge in [0, 0.05) is 24.0 Å². The van der Waals surface area contributed by atoms with Crippen LogP contribution in [0.2, 0.25) is 0 Å². The topological polar surface area (TPSA) is 129 Å². The first-order chi connectivity index (χ1) is 18.1. The Morgan fingerprint density at radius 1 is 0.895 bits per heavy atom. The summed E-state index contributed by atoms with van der Waals surface area (Å²) < 4.78 is 10.8. The number of amides is 4. The summed E-state index contributed by atoms with van der Waals surface area (Å²) in [6, 6.07) is 13.7. The first-order valence-electron chi connectivity index (χ1n) is 12.3. The molecule has 0 unspecified atom stereocenters. The van der Waals surface area contributed by atoms with Gasteiger partial charge in [0.15, 0.2) is 5.75 Å². The summed E-state index contributed by atoms with van der Waals surface area (Å²) >= 11 is 0. The van der Waals surface area contributed by atoms with Crippen LogP contribution in [-0.2, 0) is 10.2 Å². The highest BCUT2D eigenvalue weighted by atomic mass is 16.5. The smallest absolute Gasteiger partial charge is 0.409 e. The zero-order valence-corrected chi connectivity index (χ0v) is 21.9. The Bertz CT molecular complexity index is 1380. The van der Waals surface area contributed by atoms with Crippen molar-refractivity contribution in [3.8, 4) is 5.75 Å². The SMILES string of the molecule is COc1c(NC(=O)O)cc(C(C)(C)C)cc1NC(=O)Nc1ccc(C(=O)N2CCOCC2)c2ccccc12. The van der Waals surface area contributed by atoms with Crippen LogP contribution in [0.25, 0.3) is 10.8 Å². The van der Waals surface area contributed by atoms with Crippen LogP contribution in [0, 0.1) is 0 Å². The minimum Gasteiger partial charge on any atom is -0.492 e. The van der Waals surface area contributed by atoms with E-state index in [0.717, 1.165) is 10.9 Å². The molecule has 0 atom stereocenters. The number of fused-ring (bicyclic) bond motifs is 1. The van der Waals surface area contributed by atoms with Crippen molar-refractivity contribution in [3.05, 3.63) is 59.7 Å². The number of methoxy groups -OCH3 is 1. The van der Waals surface area contributed by atoms with Gasteiger partial charge in [-0.3, -0.25) is 10.1 Å². The third kappa shape index (κ3) is 5.81. The number of nitrogens with one attached hydrogen (secondary N) is 3. The van der Waals surface area contributed by atoms with Crippen LogP contribution in [0.3, 0.4) is 0 Å². The van der Waals surface area contributed by atoms with E-state index in [1.54, 1.807) is 29.2 Å². The number of rotatable bonds is 5. The Morgan fingerprint density at radius 2 is 1.50 bits per heavy atom. The second-order valence-electron chi connectivity index (χ2n) is 9.97. The first-order valence-corrected chi connectivity index (χ1v) is 12.3. The van der Waals surface area contributed by atoms with E-state index in [1.807, 2.05) is 45.0 Å². The van der Waals surface area contributed by atoms with Crippen molar-refractivity contribution in [1.82, 2.24) is 4.90 Å². The number of hydrogen-bond acceptors (Lipinski definition) is 5. The Morgan fingerprint density at radius 3 is 2.11 bits per heavy atom. The minimum absolute atomic E-state index is 0.0808. The maximum Gasteiger partial charge on any atom is 0.409 e. The molecule has 4 amide bonds. The van der Waals surface area contributed by atoms with Crippen LogP contribution < -0.4 is 20.7 Å². The molecule has 1 heterocycles. The van der Waals surface area contributed by atoms with Gasteiger partial charge in [-0.2, -0.15) is 0 Å². The molecule has 10 nitrogen and oxygen atoms in total. The van der Waals surface area contributed by atoms with Crippen LogP contribution in [0.4, 0.5) is 26.7 Å². The van der Waals surface area contributed by atoms with Crippen LogP contribution in [0.5, 0.6) is 5.75 Å². The summed E-state index contributed by atoms with van der Waals surface area (Å²) in [5, 5.41) is 18.7. The predicted octanol–water partition coefficient (Wildman–Crippen LogP) is 5.35. The molecule has 4 N–H and O–H groups in total. The van der Waals surface area contributed by atoms with Crippen LogP contribution in [0.15, 0.2) is 48.5 Å². The van der Waals surface area contributed by atoms with Gasteiger partial charge in [-0.1, -0.05) is 45.0 Å². The first kappa shape index (κ1) is 26.7. The average Bonchev–Trinajstić information content (AvgIpc) is 2.88. The van der Waals surface area contributed by atoms with E-state index in [2.05, 4.69) is 16.0 Å². The van der Waals surface area contributed by atoms with E-state index in [4.69, 9.17) is 9.47 Å². The molecule has 3 aromatic carbocycles. The quantitative estimate of drug-likeness (QED) is 0.359. The van der Waals surface area contributed by atoms with Crippen molar-refractivity contribution in [2.45, 2.75) is 26.2 Å². The second-order valence-corrected chi connectivity index (χ2v) is 9.97. The van der Waals surface area contributed by atoms with Crippen molar-refractivity contribution < 1.29 is 29.0 Å². The van der Waals surface area contributed by atoms with E-state index in [9.17, 15) is 19.5 Å². The van der Waals surface area contributed by atoms with Crippen LogP contribution in [-0.4, -0.2) is 61.5 Å². The van der Waals surface area contributed by atoms with Gasteiger partial charge in [0.2, 0.25) is 0 Å². The number of carboxylic acid groups (broad SMARTS) is 1. The highest BCUT2D eigenvalue weighted by Crippen LogP contribution is 2.39. The Labute approximate surface area is 220 Å². The molecule has 38 heavy (non-hydrogen) atoms. The summed E-state index contributed by atoms with van der Waals surface area (Å²) in [5.74, 6) is 0.106. The van der Waals surface area contributed by atoms with E-state index < -0.39 is 12.1 Å². The highest BCUT2D eigenvalue weighted by Gasteiger charge is 2.23. The lowest BCUT2D eigenvalue weighted by Crippen LogP contribution is -2.40. The molecular weight excluding hydrogens is 488 g/mol. The maximum absolute atomic E-state index is 13.2. The van der Waals surface area contributed by atoms with Gasteiger partial charge < -0.3 is 30.1 Å². The zero-order chi connectivity index (χ0) is 27.4. The molecule has 3 aromatic rings. The van der Waals surface area contributed by atoms with Gasteiger partial charge >= 0.3 is 12.1 Å². The molecule has 0 aliphatic carbocycles. The van der Waals surface area contributed by atoms with Gasteiger partial charge in [-0.25, -0.2) is 9.59 Å². The zero-order valence-electron chi connectivity index (χ0n) is 21.9. The number of carbonyl (C=O) groups is 3. The fourth-order valence-corrected chi connectivity index (χ4v) is 4.39. The molecule has 0 aromatic heterocycles. The highest BCUT2D eigenvalue weighted by molar-refractivity contribution is 6.13. The normalized spacial score (nSPS) is 13.6. The van der Waals surface area contributed by atoms with Gasteiger partial charge in [0.1, 0.15) is 0 Å². The molecule has 1 aliphatic rings. The van der Waals surface area contributed by atoms with E-state index >= 15 is 0 Å². The van der Waals surface area contributed by atoms with Gasteiger partial charge in [-0.05, 0) is 40.6 Å². The molecule has 0 bridgehead atoms. The fraction of sp³-hybridized carbons (Fsp3) is 0.321. The maximum atomic E-state index is 13.2. The van der Waals surface area contributed by atoms with E-state index in [0.29, 0.717) is 48.6 Å². The molecule has 0 saturated carbocycles. The fourth-order valence-electron chi connectivity index (χ4n) is 4.39. The van der Waals surface area contributed by atoms with Crippen LogP contribution in [0.1, 0.15) is 36.7 Å². The molecule has 0 radical (unpaired) electrons. The van der Waals surface area contributed by atoms with Gasteiger partial charge in [0.05, 0.1) is 37.4 Å². The lowest BCUT2D eigenvalue weighted by Gasteiger charge is -2.27. The van der Waals surface area contributed by atoms with Crippen molar-refractivity contribution in [2.24, 2.45) is 0 Å². The third-order valence-electron chi connectivity index (χ3n) is 6.35. The summed E-state index contributed by atoms with van der Waals surface area (Å²) in [7, 11) is 1.40. The van der Waals surface area contributed by atoms with Crippen molar-refractivity contribution in [3.63, 3.8) is 0 Å². The number of anilines is 3. The van der Waals surface area contributed by atoms with Crippen LogP contribution >= 0.6 is 0 Å². The standard InChI is InChI=1S/C28H32N4O6/c1-28(2,3)17-15-22(24(37-4)23(16-17)31-27(35)36)30-26(34)29-21-10-9-20(18-7-5-6-8-19(18)21)25(33)32-11-13-38-14-12-32/h5-10,15-16,31H,11-14H2,1-4H3,(H,35,36)(H2,29,30,34). The average molecular weight is 521 g/mol. The van der Waals surface area contributed by atoms with E-state index in [1.165, 1.54) is 7.11 Å². The van der Waals surface area contributed by atoms with Crippen molar-refractivity contribution in [2.75, 3.05) is 49.4 Å². The number of carbonyl (C=O) groups excluding carboxylic acids is 2. The number of nitrogens with zero attached hydrogens (tertiary/aromatic N) is 1.